The van der Waals surface area contributed by atoms with E-state index in [1.165, 1.54) is 21.2 Å². The zero-order chi connectivity index (χ0) is 21.3. The van der Waals surface area contributed by atoms with Gasteiger partial charge in [0.05, 0.1) is 11.9 Å². The van der Waals surface area contributed by atoms with Crippen molar-refractivity contribution in [3.8, 4) is 10.6 Å². The summed E-state index contributed by atoms with van der Waals surface area (Å²) in [5.74, 6) is -0.556. The maximum atomic E-state index is 12.8. The summed E-state index contributed by atoms with van der Waals surface area (Å²) >= 11 is 1.48. The highest BCUT2D eigenvalue weighted by atomic mass is 32.2. The number of hydrogen-bond acceptors (Lipinski definition) is 6. The molecule has 1 aliphatic rings. The lowest BCUT2D eigenvalue weighted by Crippen LogP contribution is -2.48. The van der Waals surface area contributed by atoms with Gasteiger partial charge in [0.25, 0.3) is 0 Å². The van der Waals surface area contributed by atoms with Gasteiger partial charge in [-0.15, -0.1) is 11.3 Å². The molecule has 2 heterocycles. The Morgan fingerprint density at radius 3 is 2.57 bits per heavy atom. The largest absolute Gasteiger partial charge is 0.458 e. The number of esters is 1. The molecule has 0 bridgehead atoms. The molecule has 30 heavy (non-hydrogen) atoms. The van der Waals surface area contributed by atoms with E-state index in [9.17, 15) is 13.2 Å². The summed E-state index contributed by atoms with van der Waals surface area (Å²) in [6.45, 7) is 2.21. The Balaban J connectivity index is 1.47. The van der Waals surface area contributed by atoms with Crippen LogP contribution in [-0.2, 0) is 39.1 Å². The summed E-state index contributed by atoms with van der Waals surface area (Å²) in [5.41, 5.74) is 4.71. The number of aromatic nitrogens is 1. The molecular formula is C22H22N2O4S2. The molecule has 0 saturated heterocycles. The van der Waals surface area contributed by atoms with Gasteiger partial charge in [0.1, 0.15) is 17.7 Å². The predicted octanol–water partition coefficient (Wildman–Crippen LogP) is 3.55. The first-order valence-electron chi connectivity index (χ1n) is 9.53. The van der Waals surface area contributed by atoms with Crippen molar-refractivity contribution in [1.82, 2.24) is 9.29 Å². The second kappa shape index (κ2) is 8.29. The first-order chi connectivity index (χ1) is 14.3. The van der Waals surface area contributed by atoms with Crippen LogP contribution in [0.15, 0.2) is 53.9 Å². The lowest BCUT2D eigenvalue weighted by Gasteiger charge is -2.33. The SMILES string of the molecule is Cc1ccc(-c2nc(COC(=O)C3Cc4ccccc4CN3S(C)(=O)=O)cs2)cc1. The van der Waals surface area contributed by atoms with Crippen LogP contribution in [0.3, 0.4) is 0 Å². The number of ether oxygens (including phenoxy) is 1. The molecule has 3 aromatic rings. The molecule has 0 aliphatic carbocycles. The first-order valence-corrected chi connectivity index (χ1v) is 12.3. The minimum atomic E-state index is -3.56. The van der Waals surface area contributed by atoms with Crippen molar-refractivity contribution in [3.05, 3.63) is 76.3 Å². The second-order valence-electron chi connectivity index (χ2n) is 7.41. The molecule has 0 amide bonds. The molecule has 156 valence electrons. The number of nitrogens with zero attached hydrogens (tertiary/aromatic N) is 2. The summed E-state index contributed by atoms with van der Waals surface area (Å²) in [4.78, 5) is 17.3. The standard InChI is InChI=1S/C22H22N2O4S2/c1-15-7-9-16(10-8-15)21-23-19(14-29-21)13-28-22(25)20-11-17-5-3-4-6-18(17)12-24(20)30(2,26)27/h3-10,14,20H,11-13H2,1-2H3. The third-order valence-corrected chi connectivity index (χ3v) is 7.29. The molecule has 1 atom stereocenters. The van der Waals surface area contributed by atoms with E-state index in [2.05, 4.69) is 4.98 Å². The molecule has 1 aliphatic heterocycles. The smallest absolute Gasteiger partial charge is 0.325 e. The Morgan fingerprint density at radius 1 is 1.17 bits per heavy atom. The number of hydrogen-bond donors (Lipinski definition) is 0. The van der Waals surface area contributed by atoms with Crippen LogP contribution in [0.2, 0.25) is 0 Å². The summed E-state index contributed by atoms with van der Waals surface area (Å²) in [5, 5.41) is 2.71. The van der Waals surface area contributed by atoms with Crippen molar-refractivity contribution in [1.29, 1.82) is 0 Å². The van der Waals surface area contributed by atoms with Gasteiger partial charge in [0.2, 0.25) is 10.0 Å². The van der Waals surface area contributed by atoms with E-state index in [4.69, 9.17) is 4.74 Å². The molecule has 0 radical (unpaired) electrons. The predicted molar refractivity (Wildman–Crippen MR) is 116 cm³/mol. The minimum Gasteiger partial charge on any atom is -0.458 e. The number of aryl methyl sites for hydroxylation is 1. The molecule has 4 rings (SSSR count). The summed E-state index contributed by atoms with van der Waals surface area (Å²) in [6.07, 6.45) is 1.42. The van der Waals surface area contributed by atoms with E-state index in [0.717, 1.165) is 28.0 Å². The number of carbonyl (C=O) groups is 1. The van der Waals surface area contributed by atoms with Gasteiger partial charge in [-0.1, -0.05) is 54.1 Å². The van der Waals surface area contributed by atoms with Crippen LogP contribution in [0.1, 0.15) is 22.4 Å². The van der Waals surface area contributed by atoms with E-state index < -0.39 is 22.0 Å². The highest BCUT2D eigenvalue weighted by Crippen LogP contribution is 2.27. The number of rotatable bonds is 5. The molecule has 2 aromatic carbocycles. The quantitative estimate of drug-likeness (QED) is 0.565. The third kappa shape index (κ3) is 4.45. The summed E-state index contributed by atoms with van der Waals surface area (Å²) in [6, 6.07) is 14.8. The molecule has 6 nitrogen and oxygen atoms in total. The van der Waals surface area contributed by atoms with Crippen LogP contribution < -0.4 is 0 Å². The van der Waals surface area contributed by atoms with E-state index in [-0.39, 0.29) is 13.2 Å². The zero-order valence-corrected chi connectivity index (χ0v) is 18.4. The molecule has 0 saturated carbocycles. The zero-order valence-electron chi connectivity index (χ0n) is 16.7. The minimum absolute atomic E-state index is 0.0109. The Hall–Kier alpha value is -2.55. The van der Waals surface area contributed by atoms with Gasteiger partial charge in [0, 0.05) is 23.9 Å². The highest BCUT2D eigenvalue weighted by molar-refractivity contribution is 7.88. The average molecular weight is 443 g/mol. The lowest BCUT2D eigenvalue weighted by atomic mass is 9.96. The van der Waals surface area contributed by atoms with E-state index >= 15 is 0 Å². The fourth-order valence-corrected chi connectivity index (χ4v) is 5.30. The Kier molecular flexibility index (Phi) is 5.73. The third-order valence-electron chi connectivity index (χ3n) is 5.12. The number of sulfonamides is 1. The molecule has 0 N–H and O–H groups in total. The van der Waals surface area contributed by atoms with Crippen molar-refractivity contribution in [3.63, 3.8) is 0 Å². The fraction of sp³-hybridized carbons (Fsp3) is 0.273. The Labute approximate surface area is 180 Å². The molecule has 1 aromatic heterocycles. The van der Waals surface area contributed by atoms with Crippen LogP contribution >= 0.6 is 11.3 Å². The van der Waals surface area contributed by atoms with Gasteiger partial charge in [-0.25, -0.2) is 13.4 Å². The number of fused-ring (bicyclic) bond motifs is 1. The van der Waals surface area contributed by atoms with E-state index in [0.29, 0.717) is 12.1 Å². The second-order valence-corrected chi connectivity index (χ2v) is 10.2. The topological polar surface area (TPSA) is 76.6 Å². The van der Waals surface area contributed by atoms with Crippen molar-refractivity contribution in [2.24, 2.45) is 0 Å². The normalized spacial score (nSPS) is 16.8. The summed E-state index contributed by atoms with van der Waals surface area (Å²) < 4.78 is 31.2. The van der Waals surface area contributed by atoms with Crippen molar-refractivity contribution in [2.75, 3.05) is 6.26 Å². The monoisotopic (exact) mass is 442 g/mol. The van der Waals surface area contributed by atoms with Crippen LogP contribution in [0, 0.1) is 6.92 Å². The first kappa shape index (κ1) is 20.7. The van der Waals surface area contributed by atoms with Crippen LogP contribution in [0.25, 0.3) is 10.6 Å². The highest BCUT2D eigenvalue weighted by Gasteiger charge is 2.37. The van der Waals surface area contributed by atoms with Gasteiger partial charge < -0.3 is 4.74 Å². The molecule has 0 spiro atoms. The molecule has 0 fully saturated rings. The Bertz CT molecular complexity index is 1170. The van der Waals surface area contributed by atoms with Crippen LogP contribution in [0.4, 0.5) is 0 Å². The lowest BCUT2D eigenvalue weighted by molar-refractivity contribution is -0.150. The van der Waals surface area contributed by atoms with Gasteiger partial charge in [-0.3, -0.25) is 4.79 Å². The van der Waals surface area contributed by atoms with Crippen LogP contribution in [0.5, 0.6) is 0 Å². The van der Waals surface area contributed by atoms with Gasteiger partial charge in [0.15, 0.2) is 0 Å². The van der Waals surface area contributed by atoms with Crippen LogP contribution in [-0.4, -0.2) is 36.0 Å². The van der Waals surface area contributed by atoms with Gasteiger partial charge in [-0.2, -0.15) is 4.31 Å². The maximum absolute atomic E-state index is 12.8. The molecule has 8 heteroatoms. The van der Waals surface area contributed by atoms with E-state index in [1.807, 2.05) is 60.8 Å². The Morgan fingerprint density at radius 2 is 1.87 bits per heavy atom. The molecule has 1 unspecified atom stereocenters. The average Bonchev–Trinajstić information content (AvgIpc) is 3.20. The van der Waals surface area contributed by atoms with Crippen molar-refractivity contribution >= 4 is 27.3 Å². The van der Waals surface area contributed by atoms with Gasteiger partial charge in [-0.05, 0) is 18.1 Å². The van der Waals surface area contributed by atoms with E-state index in [1.54, 1.807) is 0 Å². The maximum Gasteiger partial charge on any atom is 0.325 e. The van der Waals surface area contributed by atoms with Crippen molar-refractivity contribution < 1.29 is 17.9 Å². The van der Waals surface area contributed by atoms with Crippen molar-refractivity contribution in [2.45, 2.75) is 32.5 Å². The fourth-order valence-electron chi connectivity index (χ4n) is 3.49. The summed E-state index contributed by atoms with van der Waals surface area (Å²) in [7, 11) is -3.56. The number of thiazole rings is 1. The molecular weight excluding hydrogens is 420 g/mol. The number of carbonyl (C=O) groups excluding carboxylic acids is 1. The van der Waals surface area contributed by atoms with Gasteiger partial charge >= 0.3 is 5.97 Å². The number of benzene rings is 2.